The second kappa shape index (κ2) is 11.6. The van der Waals surface area contributed by atoms with Gasteiger partial charge in [-0.25, -0.2) is 9.59 Å². The molecule has 0 aliphatic carbocycles. The lowest BCUT2D eigenvalue weighted by Gasteiger charge is -2.35. The Balaban J connectivity index is 1.79. The lowest BCUT2D eigenvalue weighted by Crippen LogP contribution is -2.48. The first-order valence-corrected chi connectivity index (χ1v) is 11.5. The van der Waals surface area contributed by atoms with Gasteiger partial charge in [0.15, 0.2) is 6.61 Å². The summed E-state index contributed by atoms with van der Waals surface area (Å²) in [6, 6.07) is 12.7. The number of carbonyl (C=O) groups is 3. The van der Waals surface area contributed by atoms with Crippen molar-refractivity contribution in [1.82, 2.24) is 10.2 Å². The van der Waals surface area contributed by atoms with Crippen LogP contribution in [0.1, 0.15) is 38.8 Å². The van der Waals surface area contributed by atoms with Crippen molar-refractivity contribution in [3.05, 3.63) is 70.4 Å². The molecular weight excluding hydrogens is 458 g/mol. The van der Waals surface area contributed by atoms with Crippen molar-refractivity contribution in [2.45, 2.75) is 33.2 Å². The normalized spacial score (nSPS) is 15.6. The fourth-order valence-corrected chi connectivity index (χ4v) is 3.80. The summed E-state index contributed by atoms with van der Waals surface area (Å²) in [6.45, 7) is 5.94. The number of benzene rings is 2. The minimum Gasteiger partial charge on any atom is -0.484 e. The number of rotatable bonds is 9. The number of esters is 1. The molecule has 0 spiro atoms. The van der Waals surface area contributed by atoms with Crippen LogP contribution in [-0.2, 0) is 14.3 Å². The summed E-state index contributed by atoms with van der Waals surface area (Å²) in [5.74, 6) is -0.322. The Labute approximate surface area is 203 Å². The fraction of sp³-hybridized carbons (Fsp3) is 0.320. The average molecular weight is 486 g/mol. The number of carbonyl (C=O) groups excluding carboxylic acids is 3. The molecule has 0 aromatic heterocycles. The van der Waals surface area contributed by atoms with Crippen LogP contribution in [0.5, 0.6) is 5.75 Å². The molecule has 2 N–H and O–H groups in total. The zero-order chi connectivity index (χ0) is 24.7. The maximum atomic E-state index is 12.8. The largest absolute Gasteiger partial charge is 0.484 e. The molecule has 2 aromatic rings. The SMILES string of the molecule is CCCN1C(=O)NC(c2cccc(NC(=O)COc3ccc(Cl)cc3)c2)C(C(=O)OCC)=C1C. The van der Waals surface area contributed by atoms with Crippen LogP contribution in [0.2, 0.25) is 5.02 Å². The molecule has 180 valence electrons. The van der Waals surface area contributed by atoms with Gasteiger partial charge >= 0.3 is 12.0 Å². The lowest BCUT2D eigenvalue weighted by atomic mass is 9.94. The maximum absolute atomic E-state index is 12.8. The smallest absolute Gasteiger partial charge is 0.338 e. The second-order valence-corrected chi connectivity index (χ2v) is 8.11. The number of hydrogen-bond acceptors (Lipinski definition) is 5. The second-order valence-electron chi connectivity index (χ2n) is 7.67. The van der Waals surface area contributed by atoms with E-state index >= 15 is 0 Å². The standard InChI is InChI=1S/C25H28ClN3O5/c1-4-13-29-16(3)22(24(31)33-5-2)23(28-25(29)32)17-7-6-8-19(14-17)27-21(30)15-34-20-11-9-18(26)10-12-20/h6-12,14,23H,4-5,13,15H2,1-3H3,(H,27,30)(H,28,32). The molecule has 1 aliphatic rings. The van der Waals surface area contributed by atoms with Crippen molar-refractivity contribution < 1.29 is 23.9 Å². The number of halogens is 1. The number of nitrogens with zero attached hydrogens (tertiary/aromatic N) is 1. The number of amides is 3. The van der Waals surface area contributed by atoms with Crippen LogP contribution in [-0.4, -0.2) is 42.6 Å². The van der Waals surface area contributed by atoms with E-state index in [2.05, 4.69) is 10.6 Å². The van der Waals surface area contributed by atoms with Crippen LogP contribution in [0, 0.1) is 0 Å². The first-order valence-electron chi connectivity index (χ1n) is 11.1. The summed E-state index contributed by atoms with van der Waals surface area (Å²) >= 11 is 5.85. The highest BCUT2D eigenvalue weighted by Gasteiger charge is 2.36. The molecule has 1 aliphatic heterocycles. The Hall–Kier alpha value is -3.52. The average Bonchev–Trinajstić information content (AvgIpc) is 2.81. The van der Waals surface area contributed by atoms with Gasteiger partial charge in [-0.2, -0.15) is 0 Å². The molecule has 9 heteroatoms. The number of ether oxygens (including phenoxy) is 2. The zero-order valence-corrected chi connectivity index (χ0v) is 20.1. The number of nitrogens with one attached hydrogen (secondary N) is 2. The van der Waals surface area contributed by atoms with E-state index in [0.29, 0.717) is 39.8 Å². The molecule has 0 radical (unpaired) electrons. The topological polar surface area (TPSA) is 97.0 Å². The van der Waals surface area contributed by atoms with E-state index in [4.69, 9.17) is 21.1 Å². The van der Waals surface area contributed by atoms with Crippen LogP contribution in [0.4, 0.5) is 10.5 Å². The highest BCUT2D eigenvalue weighted by molar-refractivity contribution is 6.30. The first kappa shape index (κ1) is 25.1. The molecule has 2 aromatic carbocycles. The van der Waals surface area contributed by atoms with Crippen molar-refractivity contribution in [3.8, 4) is 5.75 Å². The van der Waals surface area contributed by atoms with Gasteiger partial charge in [0, 0.05) is 23.0 Å². The van der Waals surface area contributed by atoms with Crippen LogP contribution < -0.4 is 15.4 Å². The predicted molar refractivity (Wildman–Crippen MR) is 130 cm³/mol. The van der Waals surface area contributed by atoms with Crippen LogP contribution in [0.15, 0.2) is 59.8 Å². The van der Waals surface area contributed by atoms with Gasteiger partial charge in [-0.05, 0) is 62.2 Å². The van der Waals surface area contributed by atoms with Gasteiger partial charge in [-0.1, -0.05) is 30.7 Å². The van der Waals surface area contributed by atoms with Crippen LogP contribution in [0.3, 0.4) is 0 Å². The van der Waals surface area contributed by atoms with E-state index in [0.717, 1.165) is 6.42 Å². The van der Waals surface area contributed by atoms with Gasteiger partial charge in [-0.15, -0.1) is 0 Å². The molecule has 3 amide bonds. The Kier molecular flexibility index (Phi) is 8.54. The van der Waals surface area contributed by atoms with Gasteiger partial charge < -0.3 is 20.1 Å². The molecule has 0 fully saturated rings. The van der Waals surface area contributed by atoms with E-state index in [-0.39, 0.29) is 25.2 Å². The Morgan fingerprint density at radius 3 is 2.56 bits per heavy atom. The summed E-state index contributed by atoms with van der Waals surface area (Å²) < 4.78 is 10.8. The minimum atomic E-state index is -0.707. The van der Waals surface area contributed by atoms with E-state index in [9.17, 15) is 14.4 Å². The minimum absolute atomic E-state index is 0.189. The molecule has 1 unspecified atom stereocenters. The molecule has 8 nitrogen and oxygen atoms in total. The molecule has 1 heterocycles. The van der Waals surface area contributed by atoms with E-state index < -0.39 is 12.0 Å². The third-order valence-electron chi connectivity index (χ3n) is 5.23. The third-order valence-corrected chi connectivity index (χ3v) is 5.48. The summed E-state index contributed by atoms with van der Waals surface area (Å²) in [5, 5.41) is 6.25. The van der Waals surface area contributed by atoms with Crippen molar-refractivity contribution in [3.63, 3.8) is 0 Å². The molecule has 0 saturated heterocycles. The number of anilines is 1. The quantitative estimate of drug-likeness (QED) is 0.503. The molecule has 0 saturated carbocycles. The lowest BCUT2D eigenvalue weighted by molar-refractivity contribution is -0.139. The van der Waals surface area contributed by atoms with Gasteiger partial charge in [-0.3, -0.25) is 9.69 Å². The molecule has 3 rings (SSSR count). The highest BCUT2D eigenvalue weighted by Crippen LogP contribution is 2.32. The summed E-state index contributed by atoms with van der Waals surface area (Å²) in [7, 11) is 0. The summed E-state index contributed by atoms with van der Waals surface area (Å²) in [4.78, 5) is 39.5. The molecule has 1 atom stereocenters. The zero-order valence-electron chi connectivity index (χ0n) is 19.4. The molecule has 0 bridgehead atoms. The Morgan fingerprint density at radius 1 is 1.15 bits per heavy atom. The Bertz CT molecular complexity index is 1080. The molecular formula is C25H28ClN3O5. The number of urea groups is 1. The van der Waals surface area contributed by atoms with Crippen molar-refractivity contribution >= 4 is 35.2 Å². The van der Waals surface area contributed by atoms with Gasteiger partial charge in [0.2, 0.25) is 0 Å². The number of hydrogen-bond donors (Lipinski definition) is 2. The third kappa shape index (κ3) is 6.08. The molecule has 34 heavy (non-hydrogen) atoms. The van der Waals surface area contributed by atoms with Crippen LogP contribution >= 0.6 is 11.6 Å². The van der Waals surface area contributed by atoms with Gasteiger partial charge in [0.05, 0.1) is 18.2 Å². The fourth-order valence-electron chi connectivity index (χ4n) is 3.67. The summed E-state index contributed by atoms with van der Waals surface area (Å²) in [6.07, 6.45) is 0.741. The Morgan fingerprint density at radius 2 is 1.88 bits per heavy atom. The van der Waals surface area contributed by atoms with E-state index in [1.165, 1.54) is 0 Å². The van der Waals surface area contributed by atoms with E-state index in [1.54, 1.807) is 67.3 Å². The number of allylic oxidation sites excluding steroid dienone is 1. The monoisotopic (exact) mass is 485 g/mol. The van der Waals surface area contributed by atoms with E-state index in [1.807, 2.05) is 6.92 Å². The van der Waals surface area contributed by atoms with Gasteiger partial charge in [0.25, 0.3) is 5.91 Å². The maximum Gasteiger partial charge on any atom is 0.338 e. The predicted octanol–water partition coefficient (Wildman–Crippen LogP) is 4.67. The van der Waals surface area contributed by atoms with Crippen molar-refractivity contribution in [2.75, 3.05) is 25.1 Å². The first-order chi connectivity index (χ1) is 16.3. The summed E-state index contributed by atoms with van der Waals surface area (Å²) in [5.41, 5.74) is 2.07. The highest BCUT2D eigenvalue weighted by atomic mass is 35.5. The van der Waals surface area contributed by atoms with Gasteiger partial charge in [0.1, 0.15) is 5.75 Å². The van der Waals surface area contributed by atoms with Crippen molar-refractivity contribution in [2.24, 2.45) is 0 Å². The van der Waals surface area contributed by atoms with Crippen molar-refractivity contribution in [1.29, 1.82) is 0 Å². The van der Waals surface area contributed by atoms with Crippen LogP contribution in [0.25, 0.3) is 0 Å².